The minimum absolute atomic E-state index is 0.319. The highest BCUT2D eigenvalue weighted by Crippen LogP contribution is 1.93. The van der Waals surface area contributed by atoms with Gasteiger partial charge in [0.15, 0.2) is 0 Å². The fourth-order valence-corrected chi connectivity index (χ4v) is 0.757. The maximum Gasteiger partial charge on any atom is 0.344 e. The molecule has 64 valence electrons. The number of rotatable bonds is 3. The second-order valence-electron chi connectivity index (χ2n) is 2.31. The molecule has 0 atom stereocenters. The summed E-state index contributed by atoms with van der Waals surface area (Å²) in [7, 11) is 1.87. The summed E-state index contributed by atoms with van der Waals surface area (Å²) >= 11 is 0. The van der Waals surface area contributed by atoms with E-state index in [-0.39, 0.29) is 5.69 Å². The third-order valence-electron chi connectivity index (χ3n) is 1.33. The Morgan fingerprint density at radius 3 is 3.17 bits per heavy atom. The molecule has 4 heteroatoms. The molecule has 1 aromatic heterocycles. The molecule has 12 heavy (non-hydrogen) atoms. The van der Waals surface area contributed by atoms with Crippen LogP contribution in [0.2, 0.25) is 0 Å². The second kappa shape index (κ2) is 4.46. The van der Waals surface area contributed by atoms with Crippen molar-refractivity contribution in [3.05, 3.63) is 34.5 Å². The van der Waals surface area contributed by atoms with Gasteiger partial charge in [0.05, 0.1) is 0 Å². The van der Waals surface area contributed by atoms with E-state index in [0.29, 0.717) is 0 Å². The van der Waals surface area contributed by atoms with Crippen molar-refractivity contribution in [2.24, 2.45) is 0 Å². The number of likely N-dealkylation sites (N-methyl/N-ethyl adjacent to an activating group) is 1. The normalized spacial score (nSPS) is 10.8. The Balaban J connectivity index is 2.64. The van der Waals surface area contributed by atoms with Crippen LogP contribution in [-0.2, 0) is 0 Å². The molecule has 0 bridgehead atoms. The predicted molar refractivity (Wildman–Crippen MR) is 47.8 cm³/mol. The summed E-state index contributed by atoms with van der Waals surface area (Å²) in [4.78, 5) is 16.6. The van der Waals surface area contributed by atoms with Crippen molar-refractivity contribution in [1.29, 1.82) is 0 Å². The molecule has 0 fully saturated rings. The Hall–Kier alpha value is -1.42. The van der Waals surface area contributed by atoms with E-state index in [1.165, 1.54) is 6.20 Å². The van der Waals surface area contributed by atoms with Gasteiger partial charge in [-0.2, -0.15) is 0 Å². The summed E-state index contributed by atoms with van der Waals surface area (Å²) in [6, 6.07) is 0. The lowest BCUT2D eigenvalue weighted by molar-refractivity contribution is 0.922. The first kappa shape index (κ1) is 8.67. The lowest BCUT2D eigenvalue weighted by atomic mass is 10.3. The quantitative estimate of drug-likeness (QED) is 0.663. The molecule has 0 unspecified atom stereocenters. The van der Waals surface area contributed by atoms with Crippen LogP contribution < -0.4 is 11.0 Å². The molecular formula is C8H11N3O. The van der Waals surface area contributed by atoms with E-state index in [9.17, 15) is 4.79 Å². The van der Waals surface area contributed by atoms with Crippen molar-refractivity contribution in [2.45, 2.75) is 0 Å². The zero-order valence-electron chi connectivity index (χ0n) is 6.87. The smallest absolute Gasteiger partial charge is 0.316 e. The van der Waals surface area contributed by atoms with E-state index >= 15 is 0 Å². The number of aromatic amines is 1. The van der Waals surface area contributed by atoms with Crippen LogP contribution in [0.5, 0.6) is 0 Å². The van der Waals surface area contributed by atoms with E-state index in [2.05, 4.69) is 15.3 Å². The fraction of sp³-hybridized carbons (Fsp3) is 0.250. The number of H-pyrrole nitrogens is 1. The average Bonchev–Trinajstić information content (AvgIpc) is 2.09. The van der Waals surface area contributed by atoms with Crippen LogP contribution in [0.4, 0.5) is 0 Å². The molecule has 1 heterocycles. The monoisotopic (exact) mass is 165 g/mol. The molecule has 0 spiro atoms. The molecule has 1 rings (SSSR count). The molecular weight excluding hydrogens is 154 g/mol. The number of aromatic nitrogens is 2. The Morgan fingerprint density at radius 2 is 2.58 bits per heavy atom. The first-order chi connectivity index (χ1) is 5.83. The van der Waals surface area contributed by atoms with Gasteiger partial charge in [0.1, 0.15) is 0 Å². The zero-order chi connectivity index (χ0) is 8.81. The zero-order valence-corrected chi connectivity index (χ0v) is 6.87. The van der Waals surface area contributed by atoms with Gasteiger partial charge in [0, 0.05) is 24.5 Å². The van der Waals surface area contributed by atoms with E-state index in [1.807, 2.05) is 19.2 Å². The Bertz CT molecular complexity index is 296. The highest BCUT2D eigenvalue weighted by molar-refractivity contribution is 5.46. The van der Waals surface area contributed by atoms with Gasteiger partial charge in [-0.05, 0) is 7.05 Å². The Morgan fingerprint density at radius 1 is 1.75 bits per heavy atom. The maximum absolute atomic E-state index is 10.5. The molecule has 1 aromatic rings. The van der Waals surface area contributed by atoms with Crippen LogP contribution in [0, 0.1) is 0 Å². The van der Waals surface area contributed by atoms with Crippen molar-refractivity contribution in [1.82, 2.24) is 15.3 Å². The summed E-state index contributed by atoms with van der Waals surface area (Å²) in [6.07, 6.45) is 7.00. The number of nitrogens with one attached hydrogen (secondary N) is 2. The molecule has 2 N–H and O–H groups in total. The van der Waals surface area contributed by atoms with Crippen LogP contribution in [-0.4, -0.2) is 23.6 Å². The molecule has 0 aromatic carbocycles. The van der Waals surface area contributed by atoms with Gasteiger partial charge in [-0.25, -0.2) is 9.78 Å². The average molecular weight is 165 g/mol. The van der Waals surface area contributed by atoms with Crippen LogP contribution in [0.1, 0.15) is 5.56 Å². The Kier molecular flexibility index (Phi) is 3.22. The fourth-order valence-electron chi connectivity index (χ4n) is 0.757. The lowest BCUT2D eigenvalue weighted by Crippen LogP contribution is -2.08. The standard InChI is InChI=1S/C8H11N3O/c1-9-4-2-3-7-5-10-8(12)11-6-7/h2-3,5-6,9H,4H2,1H3,(H,10,11,12). The number of hydrogen-bond donors (Lipinski definition) is 2. The van der Waals surface area contributed by atoms with E-state index in [0.717, 1.165) is 12.1 Å². The van der Waals surface area contributed by atoms with Crippen molar-refractivity contribution in [3.63, 3.8) is 0 Å². The predicted octanol–water partition coefficient (Wildman–Crippen LogP) is 0.00250. The molecule has 0 saturated heterocycles. The molecule has 0 amide bonds. The minimum Gasteiger partial charge on any atom is -0.316 e. The lowest BCUT2D eigenvalue weighted by Gasteiger charge is -1.90. The maximum atomic E-state index is 10.5. The Labute approximate surface area is 70.4 Å². The summed E-state index contributed by atoms with van der Waals surface area (Å²) < 4.78 is 0. The number of hydrogen-bond acceptors (Lipinski definition) is 3. The molecule has 0 aliphatic heterocycles. The topological polar surface area (TPSA) is 57.8 Å². The third kappa shape index (κ3) is 2.67. The largest absolute Gasteiger partial charge is 0.344 e. The van der Waals surface area contributed by atoms with E-state index in [4.69, 9.17) is 0 Å². The van der Waals surface area contributed by atoms with Crippen molar-refractivity contribution in [2.75, 3.05) is 13.6 Å². The van der Waals surface area contributed by atoms with E-state index in [1.54, 1.807) is 6.20 Å². The van der Waals surface area contributed by atoms with Gasteiger partial charge in [0.2, 0.25) is 0 Å². The minimum atomic E-state index is -0.319. The van der Waals surface area contributed by atoms with Crippen LogP contribution in [0.3, 0.4) is 0 Å². The molecule has 0 aliphatic carbocycles. The van der Waals surface area contributed by atoms with Crippen molar-refractivity contribution >= 4 is 6.08 Å². The van der Waals surface area contributed by atoms with Crippen LogP contribution in [0.15, 0.2) is 23.3 Å². The van der Waals surface area contributed by atoms with Gasteiger partial charge in [-0.1, -0.05) is 12.2 Å². The van der Waals surface area contributed by atoms with Gasteiger partial charge < -0.3 is 10.3 Å². The van der Waals surface area contributed by atoms with Crippen molar-refractivity contribution in [3.8, 4) is 0 Å². The molecule has 0 saturated carbocycles. The number of nitrogens with zero attached hydrogens (tertiary/aromatic N) is 1. The first-order valence-corrected chi connectivity index (χ1v) is 3.69. The summed E-state index contributed by atoms with van der Waals surface area (Å²) in [5.74, 6) is 0. The molecule has 0 aliphatic rings. The van der Waals surface area contributed by atoms with Gasteiger partial charge in [-0.3, -0.25) is 0 Å². The molecule has 4 nitrogen and oxygen atoms in total. The summed E-state index contributed by atoms with van der Waals surface area (Å²) in [5, 5.41) is 2.97. The van der Waals surface area contributed by atoms with Crippen LogP contribution >= 0.6 is 0 Å². The SMILES string of the molecule is CNCC=Cc1cnc(=O)[nH]c1. The highest BCUT2D eigenvalue weighted by atomic mass is 16.1. The molecule has 0 radical (unpaired) electrons. The highest BCUT2D eigenvalue weighted by Gasteiger charge is 1.85. The summed E-state index contributed by atoms with van der Waals surface area (Å²) in [5.41, 5.74) is 0.575. The van der Waals surface area contributed by atoms with Gasteiger partial charge >= 0.3 is 5.69 Å². The van der Waals surface area contributed by atoms with E-state index < -0.39 is 0 Å². The third-order valence-corrected chi connectivity index (χ3v) is 1.33. The second-order valence-corrected chi connectivity index (χ2v) is 2.31. The van der Waals surface area contributed by atoms with Crippen LogP contribution in [0.25, 0.3) is 6.08 Å². The summed E-state index contributed by atoms with van der Waals surface area (Å²) in [6.45, 7) is 0.805. The first-order valence-electron chi connectivity index (χ1n) is 3.69. The van der Waals surface area contributed by atoms with Crippen molar-refractivity contribution < 1.29 is 0 Å². The van der Waals surface area contributed by atoms with Gasteiger partial charge in [-0.15, -0.1) is 0 Å². The van der Waals surface area contributed by atoms with Gasteiger partial charge in [0.25, 0.3) is 0 Å².